The zero-order valence-electron chi connectivity index (χ0n) is 26.8. The largest absolute Gasteiger partial charge is 0.374 e. The molecular formula is C41H41ClO5S. The molecule has 5 atom stereocenters. The number of hydrogen-bond acceptors (Lipinski definition) is 6. The molecule has 0 bridgehead atoms. The fourth-order valence-corrected chi connectivity index (χ4v) is 6.96. The van der Waals surface area contributed by atoms with Gasteiger partial charge >= 0.3 is 0 Å². The predicted octanol–water partition coefficient (Wildman–Crippen LogP) is 9.27. The summed E-state index contributed by atoms with van der Waals surface area (Å²) in [5, 5.41) is 0.713. The Labute approximate surface area is 293 Å². The zero-order valence-corrected chi connectivity index (χ0v) is 28.4. The average molecular weight is 681 g/mol. The molecule has 7 heteroatoms. The Morgan fingerprint density at radius 1 is 0.479 bits per heavy atom. The quantitative estimate of drug-likeness (QED) is 0.104. The first kappa shape index (κ1) is 34.4. The Hall–Kier alpha value is -3.46. The van der Waals surface area contributed by atoms with Crippen molar-refractivity contribution in [2.24, 2.45) is 0 Å². The summed E-state index contributed by atoms with van der Waals surface area (Å²) in [4.78, 5) is 0. The monoisotopic (exact) mass is 680 g/mol. The van der Waals surface area contributed by atoms with Gasteiger partial charge in [0.05, 0.1) is 33.0 Å². The van der Waals surface area contributed by atoms with Gasteiger partial charge in [-0.1, -0.05) is 145 Å². The van der Waals surface area contributed by atoms with Gasteiger partial charge in [0, 0.05) is 10.8 Å². The minimum Gasteiger partial charge on any atom is -0.374 e. The van der Waals surface area contributed by atoms with Crippen LogP contribution in [-0.4, -0.2) is 36.5 Å². The second-order valence-corrected chi connectivity index (χ2v) is 13.3. The van der Waals surface area contributed by atoms with E-state index in [2.05, 4.69) is 48.5 Å². The number of ether oxygens (including phenoxy) is 5. The Morgan fingerprint density at radius 3 is 1.42 bits per heavy atom. The van der Waals surface area contributed by atoms with Gasteiger partial charge in [-0.3, -0.25) is 0 Å². The van der Waals surface area contributed by atoms with Crippen LogP contribution < -0.4 is 0 Å². The van der Waals surface area contributed by atoms with Crippen LogP contribution in [0.1, 0.15) is 27.8 Å². The van der Waals surface area contributed by atoms with E-state index >= 15 is 0 Å². The van der Waals surface area contributed by atoms with E-state index in [1.807, 2.05) is 97.1 Å². The van der Waals surface area contributed by atoms with Gasteiger partial charge < -0.3 is 23.7 Å². The van der Waals surface area contributed by atoms with E-state index in [1.165, 1.54) is 0 Å². The smallest absolute Gasteiger partial charge is 0.133 e. The van der Waals surface area contributed by atoms with E-state index < -0.39 is 24.4 Å². The van der Waals surface area contributed by atoms with E-state index in [4.69, 9.17) is 35.3 Å². The molecule has 0 spiro atoms. The van der Waals surface area contributed by atoms with E-state index in [9.17, 15) is 0 Å². The molecule has 1 heterocycles. The Kier molecular flexibility index (Phi) is 13.1. The molecule has 1 aliphatic heterocycles. The van der Waals surface area contributed by atoms with Crippen molar-refractivity contribution in [2.45, 2.75) is 62.0 Å². The highest BCUT2D eigenvalue weighted by molar-refractivity contribution is 7.99. The first-order chi connectivity index (χ1) is 23.7. The second kappa shape index (κ2) is 18.3. The van der Waals surface area contributed by atoms with Gasteiger partial charge in [-0.2, -0.15) is 0 Å². The maximum absolute atomic E-state index is 6.94. The van der Waals surface area contributed by atoms with Crippen molar-refractivity contribution < 1.29 is 23.7 Å². The summed E-state index contributed by atoms with van der Waals surface area (Å²) in [6.07, 6.45) is -1.74. The van der Waals surface area contributed by atoms with Crippen molar-refractivity contribution in [3.05, 3.63) is 178 Å². The summed E-state index contributed by atoms with van der Waals surface area (Å²) in [7, 11) is 0. The van der Waals surface area contributed by atoms with Crippen molar-refractivity contribution >= 4 is 23.4 Å². The normalized spacial score (nSPS) is 20.8. The number of thioether (sulfide) groups is 1. The van der Waals surface area contributed by atoms with Crippen LogP contribution >= 0.6 is 23.4 Å². The number of halogens is 1. The maximum atomic E-state index is 6.94. The van der Waals surface area contributed by atoms with Crippen LogP contribution in [0.4, 0.5) is 0 Å². The lowest BCUT2D eigenvalue weighted by Gasteiger charge is -2.46. The number of benzene rings is 5. The van der Waals surface area contributed by atoms with Crippen LogP contribution in [0.2, 0.25) is 5.02 Å². The molecular weight excluding hydrogens is 640 g/mol. The van der Waals surface area contributed by atoms with Crippen molar-refractivity contribution in [2.75, 3.05) is 6.61 Å². The van der Waals surface area contributed by atoms with Crippen molar-refractivity contribution in [3.8, 4) is 0 Å². The maximum Gasteiger partial charge on any atom is 0.133 e. The standard InChI is InChI=1S/C41H41ClO5S/c42-36-23-21-35(22-24-36)30-48-41-40(46-28-34-19-11-4-12-20-34)39(45-27-33-17-9-3-10-18-33)38(44-26-32-15-7-2-8-16-32)37(47-41)29-43-25-31-13-5-1-6-14-31/h1-24,37-41H,25-30H2/t37-,38+,39+,40-,41+/m1/s1. The molecule has 0 N–H and O–H groups in total. The summed E-state index contributed by atoms with van der Waals surface area (Å²) in [5.41, 5.74) is 5.13. The molecule has 0 amide bonds. The fraction of sp³-hybridized carbons (Fsp3) is 0.268. The fourth-order valence-electron chi connectivity index (χ4n) is 5.64. The van der Waals surface area contributed by atoms with E-state index in [1.54, 1.807) is 11.8 Å². The van der Waals surface area contributed by atoms with Gasteiger partial charge in [0.15, 0.2) is 0 Å². The highest BCUT2D eigenvalue weighted by Gasteiger charge is 2.48. The highest BCUT2D eigenvalue weighted by Crippen LogP contribution is 2.37. The van der Waals surface area contributed by atoms with Crippen LogP contribution in [0.25, 0.3) is 0 Å². The van der Waals surface area contributed by atoms with E-state index in [-0.39, 0.29) is 5.44 Å². The topological polar surface area (TPSA) is 46.2 Å². The summed E-state index contributed by atoms with van der Waals surface area (Å²) in [6, 6.07) is 48.7. The van der Waals surface area contributed by atoms with Gasteiger partial charge in [0.25, 0.3) is 0 Å². The van der Waals surface area contributed by atoms with Gasteiger partial charge in [-0.15, -0.1) is 11.8 Å². The van der Waals surface area contributed by atoms with Gasteiger partial charge in [-0.25, -0.2) is 0 Å². The summed E-state index contributed by atoms with van der Waals surface area (Å²) in [5.74, 6) is 0.714. The molecule has 1 saturated heterocycles. The molecule has 0 unspecified atom stereocenters. The van der Waals surface area contributed by atoms with Crippen LogP contribution in [0, 0.1) is 0 Å². The molecule has 0 aromatic heterocycles. The third kappa shape index (κ3) is 10.3. The Balaban J connectivity index is 1.29. The van der Waals surface area contributed by atoms with E-state index in [0.717, 1.165) is 27.8 Å². The molecule has 248 valence electrons. The zero-order chi connectivity index (χ0) is 32.8. The van der Waals surface area contributed by atoms with Gasteiger partial charge in [-0.05, 0) is 39.9 Å². The molecule has 6 rings (SSSR count). The third-order valence-corrected chi connectivity index (χ3v) is 9.63. The number of hydrogen-bond donors (Lipinski definition) is 0. The summed E-state index contributed by atoms with van der Waals surface area (Å²) < 4.78 is 33.6. The molecule has 5 aromatic rings. The lowest BCUT2D eigenvalue weighted by atomic mass is 9.98. The third-order valence-electron chi connectivity index (χ3n) is 8.17. The molecule has 0 aliphatic carbocycles. The second-order valence-electron chi connectivity index (χ2n) is 11.8. The molecule has 1 aliphatic rings. The average Bonchev–Trinajstić information content (AvgIpc) is 3.14. The SMILES string of the molecule is Clc1ccc(CS[C@@H]2O[C@H](COCc3ccccc3)[C@H](OCc3ccccc3)[C@H](OCc3ccccc3)[C@H]2OCc2ccccc2)cc1. The lowest BCUT2D eigenvalue weighted by molar-refractivity contribution is -0.254. The van der Waals surface area contributed by atoms with Gasteiger partial charge in [0.1, 0.15) is 29.9 Å². The Bertz CT molecular complexity index is 1610. The van der Waals surface area contributed by atoms with Crippen LogP contribution in [0.15, 0.2) is 146 Å². The molecule has 5 aromatic carbocycles. The van der Waals surface area contributed by atoms with Crippen LogP contribution in [0.3, 0.4) is 0 Å². The molecule has 1 fully saturated rings. The first-order valence-electron chi connectivity index (χ1n) is 16.3. The minimum absolute atomic E-state index is 0.336. The summed E-state index contributed by atoms with van der Waals surface area (Å²) >= 11 is 7.89. The van der Waals surface area contributed by atoms with Crippen molar-refractivity contribution in [1.29, 1.82) is 0 Å². The van der Waals surface area contributed by atoms with Gasteiger partial charge in [0.2, 0.25) is 0 Å². The van der Waals surface area contributed by atoms with Crippen LogP contribution in [0.5, 0.6) is 0 Å². The number of rotatable bonds is 16. The molecule has 0 radical (unpaired) electrons. The highest BCUT2D eigenvalue weighted by atomic mass is 35.5. The lowest BCUT2D eigenvalue weighted by Crippen LogP contribution is -2.60. The minimum atomic E-state index is -0.460. The van der Waals surface area contributed by atoms with E-state index in [0.29, 0.717) is 43.8 Å². The molecule has 0 saturated carbocycles. The summed E-state index contributed by atoms with van der Waals surface area (Å²) in [6.45, 7) is 2.04. The molecule has 48 heavy (non-hydrogen) atoms. The van der Waals surface area contributed by atoms with Crippen molar-refractivity contribution in [1.82, 2.24) is 0 Å². The van der Waals surface area contributed by atoms with Crippen LogP contribution in [-0.2, 0) is 55.9 Å². The molecule has 5 nitrogen and oxygen atoms in total. The Morgan fingerprint density at radius 2 is 0.917 bits per heavy atom. The first-order valence-corrected chi connectivity index (χ1v) is 17.7. The predicted molar refractivity (Wildman–Crippen MR) is 193 cm³/mol. The van der Waals surface area contributed by atoms with Crippen molar-refractivity contribution in [3.63, 3.8) is 0 Å².